The summed E-state index contributed by atoms with van der Waals surface area (Å²) in [5, 5.41) is 3.10. The Morgan fingerprint density at radius 2 is 2.13 bits per heavy atom. The van der Waals surface area contributed by atoms with Crippen LogP contribution >= 0.6 is 11.6 Å². The molecule has 0 spiro atoms. The highest BCUT2D eigenvalue weighted by Crippen LogP contribution is 2.30. The van der Waals surface area contributed by atoms with E-state index >= 15 is 0 Å². The molecule has 0 aromatic heterocycles. The second-order valence-electron chi connectivity index (χ2n) is 4.90. The van der Waals surface area contributed by atoms with Gasteiger partial charge in [0.15, 0.2) is 6.79 Å². The Bertz CT molecular complexity index is 776. The number of fused-ring (bicyclic) bond motifs is 1. The Kier molecular flexibility index (Phi) is 4.60. The highest BCUT2D eigenvalue weighted by Gasteiger charge is 2.15. The molecule has 0 aliphatic carbocycles. The van der Waals surface area contributed by atoms with Gasteiger partial charge in [-0.05, 0) is 30.3 Å². The summed E-state index contributed by atoms with van der Waals surface area (Å²) in [4.78, 5) is 12.0. The lowest BCUT2D eigenvalue weighted by atomic mass is 10.1. The zero-order chi connectivity index (χ0) is 16.2. The van der Waals surface area contributed by atoms with Crippen molar-refractivity contribution in [2.24, 2.45) is 0 Å². The van der Waals surface area contributed by atoms with Gasteiger partial charge in [-0.15, -0.1) is 0 Å². The van der Waals surface area contributed by atoms with Crippen LogP contribution in [-0.4, -0.2) is 12.7 Å². The summed E-state index contributed by atoms with van der Waals surface area (Å²) >= 11 is 5.98. The SMILES string of the molecule is O=C(/C=C/c1cc(F)cc2c1OCOC2)Nc1ccccc1Cl. The minimum absolute atomic E-state index is 0.102. The molecule has 4 nitrogen and oxygen atoms in total. The molecule has 0 atom stereocenters. The molecule has 0 saturated heterocycles. The van der Waals surface area contributed by atoms with Crippen LogP contribution in [0.2, 0.25) is 5.02 Å². The fourth-order valence-electron chi connectivity index (χ4n) is 2.23. The monoisotopic (exact) mass is 333 g/mol. The molecule has 118 valence electrons. The van der Waals surface area contributed by atoms with Crippen LogP contribution in [0.5, 0.6) is 5.75 Å². The zero-order valence-corrected chi connectivity index (χ0v) is 12.8. The van der Waals surface area contributed by atoms with Crippen LogP contribution in [0.3, 0.4) is 0 Å². The van der Waals surface area contributed by atoms with Crippen molar-refractivity contribution in [3.05, 3.63) is 64.4 Å². The van der Waals surface area contributed by atoms with Gasteiger partial charge in [-0.25, -0.2) is 4.39 Å². The van der Waals surface area contributed by atoms with E-state index in [1.807, 2.05) is 0 Å². The van der Waals surface area contributed by atoms with Crippen LogP contribution in [-0.2, 0) is 16.1 Å². The number of carbonyl (C=O) groups is 1. The van der Waals surface area contributed by atoms with E-state index in [9.17, 15) is 9.18 Å². The zero-order valence-electron chi connectivity index (χ0n) is 12.0. The van der Waals surface area contributed by atoms with Crippen molar-refractivity contribution in [3.8, 4) is 5.75 Å². The van der Waals surface area contributed by atoms with Crippen LogP contribution in [0.1, 0.15) is 11.1 Å². The van der Waals surface area contributed by atoms with E-state index in [1.165, 1.54) is 24.3 Å². The molecule has 23 heavy (non-hydrogen) atoms. The molecule has 2 aromatic carbocycles. The van der Waals surface area contributed by atoms with E-state index in [2.05, 4.69) is 5.32 Å². The van der Waals surface area contributed by atoms with Gasteiger partial charge in [0.25, 0.3) is 0 Å². The molecule has 2 aromatic rings. The Morgan fingerprint density at radius 3 is 2.96 bits per heavy atom. The summed E-state index contributed by atoms with van der Waals surface area (Å²) < 4.78 is 24.1. The third-order valence-corrected chi connectivity index (χ3v) is 3.58. The van der Waals surface area contributed by atoms with Gasteiger partial charge in [-0.3, -0.25) is 4.79 Å². The summed E-state index contributed by atoms with van der Waals surface area (Å²) in [6.45, 7) is 0.380. The molecule has 1 N–H and O–H groups in total. The van der Waals surface area contributed by atoms with Crippen molar-refractivity contribution in [2.75, 3.05) is 12.1 Å². The second kappa shape index (κ2) is 6.81. The predicted molar refractivity (Wildman–Crippen MR) is 85.8 cm³/mol. The maximum Gasteiger partial charge on any atom is 0.248 e. The van der Waals surface area contributed by atoms with Gasteiger partial charge in [-0.1, -0.05) is 23.7 Å². The number of para-hydroxylation sites is 1. The fraction of sp³-hybridized carbons (Fsp3) is 0.118. The third kappa shape index (κ3) is 3.70. The lowest BCUT2D eigenvalue weighted by Crippen LogP contribution is -2.13. The highest BCUT2D eigenvalue weighted by atomic mass is 35.5. The van der Waals surface area contributed by atoms with Crippen molar-refractivity contribution in [3.63, 3.8) is 0 Å². The first-order valence-electron chi connectivity index (χ1n) is 6.90. The van der Waals surface area contributed by atoms with E-state index in [1.54, 1.807) is 24.3 Å². The molecule has 6 heteroatoms. The Balaban J connectivity index is 1.79. The molecule has 1 amide bonds. The standard InChI is InChI=1S/C17H13ClFNO3/c18-14-3-1-2-4-15(14)20-16(21)6-5-11-7-13(19)8-12-9-22-10-23-17(11)12/h1-8H,9-10H2,(H,20,21)/b6-5+. The lowest BCUT2D eigenvalue weighted by molar-refractivity contribution is -0.111. The molecular weight excluding hydrogens is 321 g/mol. The average molecular weight is 334 g/mol. The largest absolute Gasteiger partial charge is 0.467 e. The first-order valence-corrected chi connectivity index (χ1v) is 7.28. The second-order valence-corrected chi connectivity index (χ2v) is 5.30. The topological polar surface area (TPSA) is 47.6 Å². The Morgan fingerprint density at radius 1 is 1.30 bits per heavy atom. The Hall–Kier alpha value is -2.37. The van der Waals surface area contributed by atoms with E-state index in [4.69, 9.17) is 21.1 Å². The third-order valence-electron chi connectivity index (χ3n) is 3.25. The lowest BCUT2D eigenvalue weighted by Gasteiger charge is -2.19. The summed E-state index contributed by atoms with van der Waals surface area (Å²) in [7, 11) is 0. The van der Waals surface area contributed by atoms with Gasteiger partial charge >= 0.3 is 0 Å². The number of halogens is 2. The number of anilines is 1. The molecule has 1 heterocycles. The van der Waals surface area contributed by atoms with E-state index < -0.39 is 5.82 Å². The van der Waals surface area contributed by atoms with Crippen molar-refractivity contribution < 1.29 is 18.7 Å². The van der Waals surface area contributed by atoms with Crippen molar-refractivity contribution in [1.29, 1.82) is 0 Å². The molecule has 0 unspecified atom stereocenters. The van der Waals surface area contributed by atoms with Crippen molar-refractivity contribution in [1.82, 2.24) is 0 Å². The number of rotatable bonds is 3. The fourth-order valence-corrected chi connectivity index (χ4v) is 2.42. The van der Waals surface area contributed by atoms with Crippen LogP contribution < -0.4 is 10.1 Å². The molecule has 0 fully saturated rings. The minimum atomic E-state index is -0.413. The smallest absolute Gasteiger partial charge is 0.248 e. The van der Waals surface area contributed by atoms with Gasteiger partial charge in [-0.2, -0.15) is 0 Å². The molecular formula is C17H13ClFNO3. The maximum absolute atomic E-state index is 13.6. The van der Waals surface area contributed by atoms with Gasteiger partial charge in [0.05, 0.1) is 17.3 Å². The van der Waals surface area contributed by atoms with E-state index in [0.29, 0.717) is 27.6 Å². The number of hydrogen-bond acceptors (Lipinski definition) is 3. The van der Waals surface area contributed by atoms with Gasteiger partial charge in [0.1, 0.15) is 11.6 Å². The minimum Gasteiger partial charge on any atom is -0.467 e. The summed E-state index contributed by atoms with van der Waals surface area (Å²) in [6, 6.07) is 9.57. The van der Waals surface area contributed by atoms with Crippen LogP contribution in [0.25, 0.3) is 6.08 Å². The van der Waals surface area contributed by atoms with E-state index in [-0.39, 0.29) is 19.3 Å². The van der Waals surface area contributed by atoms with Crippen LogP contribution in [0.15, 0.2) is 42.5 Å². The molecule has 3 rings (SSSR count). The summed E-state index contributed by atoms with van der Waals surface area (Å²) in [5.74, 6) is -0.258. The van der Waals surface area contributed by atoms with Crippen molar-refractivity contribution in [2.45, 2.75) is 6.61 Å². The van der Waals surface area contributed by atoms with Crippen LogP contribution in [0.4, 0.5) is 10.1 Å². The van der Waals surface area contributed by atoms with Gasteiger partial charge < -0.3 is 14.8 Å². The first-order chi connectivity index (χ1) is 11.1. The van der Waals surface area contributed by atoms with Gasteiger partial charge in [0, 0.05) is 17.2 Å². The summed E-state index contributed by atoms with van der Waals surface area (Å²) in [6.07, 6.45) is 2.80. The first kappa shape index (κ1) is 15.5. The van der Waals surface area contributed by atoms with Crippen molar-refractivity contribution >= 4 is 29.3 Å². The molecule has 1 aliphatic heterocycles. The molecule has 0 bridgehead atoms. The average Bonchev–Trinajstić information content (AvgIpc) is 2.54. The molecule has 1 aliphatic rings. The molecule has 0 radical (unpaired) electrons. The number of amides is 1. The highest BCUT2D eigenvalue weighted by molar-refractivity contribution is 6.33. The quantitative estimate of drug-likeness (QED) is 0.864. The number of hydrogen-bond donors (Lipinski definition) is 1. The van der Waals surface area contributed by atoms with Gasteiger partial charge in [0.2, 0.25) is 5.91 Å². The summed E-state index contributed by atoms with van der Waals surface area (Å²) in [5.41, 5.74) is 1.61. The van der Waals surface area contributed by atoms with E-state index in [0.717, 1.165) is 0 Å². The molecule has 0 saturated carbocycles. The number of benzene rings is 2. The van der Waals surface area contributed by atoms with Crippen LogP contribution in [0, 0.1) is 5.82 Å². The maximum atomic E-state index is 13.6. The number of ether oxygens (including phenoxy) is 2. The Labute approximate surface area is 137 Å². The predicted octanol–water partition coefficient (Wildman–Crippen LogP) is 4.00. The normalized spacial score (nSPS) is 13.5. The number of carbonyl (C=O) groups excluding carboxylic acids is 1. The number of nitrogens with one attached hydrogen (secondary N) is 1.